The minimum atomic E-state index is 0.222. The highest BCUT2D eigenvalue weighted by Crippen LogP contribution is 2.30. The molecule has 0 aliphatic heterocycles. The molecule has 1 nitrogen and oxygen atoms in total. The Labute approximate surface area is 136 Å². The zero-order valence-electron chi connectivity index (χ0n) is 13.1. The van der Waals surface area contributed by atoms with E-state index in [4.69, 9.17) is 0 Å². The van der Waals surface area contributed by atoms with Gasteiger partial charge in [0.2, 0.25) is 0 Å². The van der Waals surface area contributed by atoms with Gasteiger partial charge in [-0.3, -0.25) is 0 Å². The summed E-state index contributed by atoms with van der Waals surface area (Å²) in [6, 6.07) is 15.7. The summed E-state index contributed by atoms with van der Waals surface area (Å²) < 4.78 is 1.19. The zero-order valence-corrected chi connectivity index (χ0v) is 14.7. The number of nitrogens with one attached hydrogen (secondary N) is 1. The fourth-order valence-electron chi connectivity index (χ4n) is 2.65. The summed E-state index contributed by atoms with van der Waals surface area (Å²) in [5.41, 5.74) is 5.30. The van der Waals surface area contributed by atoms with Crippen LogP contribution in [0.25, 0.3) is 0 Å². The number of hydrogen-bond donors (Lipinski definition) is 1. The molecule has 0 radical (unpaired) electrons. The van der Waals surface area contributed by atoms with Gasteiger partial charge in [-0.05, 0) is 49.1 Å². The van der Waals surface area contributed by atoms with E-state index in [2.05, 4.69) is 77.6 Å². The van der Waals surface area contributed by atoms with Gasteiger partial charge in [0, 0.05) is 4.47 Å². The predicted octanol–water partition coefficient (Wildman–Crippen LogP) is 5.41. The van der Waals surface area contributed by atoms with Gasteiger partial charge in [0.1, 0.15) is 0 Å². The molecule has 0 saturated heterocycles. The molecule has 0 aromatic heterocycles. The third-order valence-electron chi connectivity index (χ3n) is 3.95. The number of unbranched alkanes of at least 4 members (excludes halogenated alkanes) is 1. The first-order valence-electron chi connectivity index (χ1n) is 7.68. The summed E-state index contributed by atoms with van der Waals surface area (Å²) in [6.07, 6.45) is 3.69. The largest absolute Gasteiger partial charge is 0.309 e. The molecule has 1 unspecified atom stereocenters. The van der Waals surface area contributed by atoms with E-state index in [1.54, 1.807) is 0 Å². The Hall–Kier alpha value is -1.12. The van der Waals surface area contributed by atoms with Crippen molar-refractivity contribution in [3.8, 4) is 0 Å². The van der Waals surface area contributed by atoms with Gasteiger partial charge < -0.3 is 5.32 Å². The maximum absolute atomic E-state index is 3.73. The molecule has 2 rings (SSSR count). The van der Waals surface area contributed by atoms with E-state index in [-0.39, 0.29) is 6.04 Å². The van der Waals surface area contributed by atoms with Crippen LogP contribution in [0.5, 0.6) is 0 Å². The Morgan fingerprint density at radius 3 is 2.43 bits per heavy atom. The van der Waals surface area contributed by atoms with Crippen molar-refractivity contribution in [2.45, 2.75) is 39.2 Å². The van der Waals surface area contributed by atoms with Crippen LogP contribution in [-0.4, -0.2) is 7.05 Å². The molecule has 0 bridgehead atoms. The van der Waals surface area contributed by atoms with Crippen molar-refractivity contribution in [2.24, 2.45) is 0 Å². The van der Waals surface area contributed by atoms with E-state index >= 15 is 0 Å². The van der Waals surface area contributed by atoms with Gasteiger partial charge in [-0.25, -0.2) is 0 Å². The van der Waals surface area contributed by atoms with Gasteiger partial charge in [-0.1, -0.05) is 71.7 Å². The summed E-state index contributed by atoms with van der Waals surface area (Å²) in [5.74, 6) is 0. The smallest absolute Gasteiger partial charge is 0.0585 e. The van der Waals surface area contributed by atoms with E-state index in [1.807, 2.05) is 7.05 Å². The Morgan fingerprint density at radius 2 is 1.81 bits per heavy atom. The fourth-order valence-corrected chi connectivity index (χ4v) is 3.15. The van der Waals surface area contributed by atoms with E-state index in [1.165, 1.54) is 46.0 Å². The molecular formula is C19H24BrN. The molecule has 0 aliphatic rings. The van der Waals surface area contributed by atoms with Crippen molar-refractivity contribution in [3.05, 3.63) is 69.2 Å². The molecule has 0 saturated carbocycles. The van der Waals surface area contributed by atoms with Crippen molar-refractivity contribution < 1.29 is 0 Å². The van der Waals surface area contributed by atoms with Crippen LogP contribution in [0.3, 0.4) is 0 Å². The van der Waals surface area contributed by atoms with E-state index < -0.39 is 0 Å². The maximum atomic E-state index is 3.73. The van der Waals surface area contributed by atoms with E-state index in [0.29, 0.717) is 0 Å². The number of rotatable bonds is 6. The van der Waals surface area contributed by atoms with Crippen LogP contribution < -0.4 is 5.32 Å². The third-order valence-corrected chi connectivity index (χ3v) is 5.04. The number of hydrogen-bond acceptors (Lipinski definition) is 1. The lowest BCUT2D eigenvalue weighted by atomic mass is 9.96. The molecular weight excluding hydrogens is 322 g/mol. The van der Waals surface area contributed by atoms with Gasteiger partial charge in [0.05, 0.1) is 6.04 Å². The van der Waals surface area contributed by atoms with Crippen molar-refractivity contribution in [3.63, 3.8) is 0 Å². The van der Waals surface area contributed by atoms with E-state index in [9.17, 15) is 0 Å². The quantitative estimate of drug-likeness (QED) is 0.737. The summed E-state index contributed by atoms with van der Waals surface area (Å²) >= 11 is 3.73. The highest BCUT2D eigenvalue weighted by atomic mass is 79.9. The predicted molar refractivity (Wildman–Crippen MR) is 94.8 cm³/mol. The van der Waals surface area contributed by atoms with Crippen LogP contribution in [0.2, 0.25) is 0 Å². The normalized spacial score (nSPS) is 12.4. The second-order valence-corrected chi connectivity index (χ2v) is 6.34. The molecule has 0 heterocycles. The van der Waals surface area contributed by atoms with Gasteiger partial charge in [0.15, 0.2) is 0 Å². The van der Waals surface area contributed by atoms with Crippen LogP contribution in [0.1, 0.15) is 48.1 Å². The number of benzene rings is 2. The van der Waals surface area contributed by atoms with E-state index in [0.717, 1.165) is 0 Å². The summed E-state index contributed by atoms with van der Waals surface area (Å²) in [4.78, 5) is 0. The molecule has 1 N–H and O–H groups in total. The lowest BCUT2D eigenvalue weighted by Crippen LogP contribution is -2.18. The number of aryl methyl sites for hydroxylation is 2. The van der Waals surface area contributed by atoms with Crippen molar-refractivity contribution in [2.75, 3.05) is 7.05 Å². The SMILES string of the molecule is CCCCc1ccc(C(NC)c2cccc(C)c2Br)cc1. The van der Waals surface area contributed by atoms with Crippen LogP contribution in [-0.2, 0) is 6.42 Å². The Kier molecular flexibility index (Phi) is 6.01. The topological polar surface area (TPSA) is 12.0 Å². The van der Waals surface area contributed by atoms with Crippen LogP contribution in [0.15, 0.2) is 46.9 Å². The second-order valence-electron chi connectivity index (χ2n) is 5.54. The van der Waals surface area contributed by atoms with Crippen LogP contribution >= 0.6 is 15.9 Å². The first-order chi connectivity index (χ1) is 10.2. The molecule has 1 atom stereocenters. The second kappa shape index (κ2) is 7.77. The first-order valence-corrected chi connectivity index (χ1v) is 8.47. The van der Waals surface area contributed by atoms with Gasteiger partial charge in [-0.2, -0.15) is 0 Å². The average Bonchev–Trinajstić information content (AvgIpc) is 2.51. The van der Waals surface area contributed by atoms with Gasteiger partial charge in [0.25, 0.3) is 0 Å². The van der Waals surface area contributed by atoms with Gasteiger partial charge >= 0.3 is 0 Å². The highest BCUT2D eigenvalue weighted by molar-refractivity contribution is 9.10. The molecule has 2 aromatic rings. The Bertz CT molecular complexity index is 575. The molecule has 21 heavy (non-hydrogen) atoms. The summed E-state index contributed by atoms with van der Waals surface area (Å²) in [6.45, 7) is 4.37. The van der Waals surface area contributed by atoms with Crippen molar-refractivity contribution in [1.82, 2.24) is 5.32 Å². The molecule has 112 valence electrons. The van der Waals surface area contributed by atoms with Crippen molar-refractivity contribution >= 4 is 15.9 Å². The molecule has 2 heteroatoms. The van der Waals surface area contributed by atoms with Crippen LogP contribution in [0.4, 0.5) is 0 Å². The number of halogens is 1. The minimum absolute atomic E-state index is 0.222. The fraction of sp³-hybridized carbons (Fsp3) is 0.368. The standard InChI is InChI=1S/C19H24BrN/c1-4-5-8-15-10-12-16(13-11-15)19(21-3)17-9-6-7-14(2)18(17)20/h6-7,9-13,19,21H,4-5,8H2,1-3H3. The first kappa shape index (κ1) is 16.3. The Morgan fingerprint density at radius 1 is 1.10 bits per heavy atom. The van der Waals surface area contributed by atoms with Gasteiger partial charge in [-0.15, -0.1) is 0 Å². The monoisotopic (exact) mass is 345 g/mol. The molecule has 0 fully saturated rings. The van der Waals surface area contributed by atoms with Crippen molar-refractivity contribution in [1.29, 1.82) is 0 Å². The zero-order chi connectivity index (χ0) is 15.2. The highest BCUT2D eigenvalue weighted by Gasteiger charge is 2.15. The third kappa shape index (κ3) is 3.96. The minimum Gasteiger partial charge on any atom is -0.309 e. The summed E-state index contributed by atoms with van der Waals surface area (Å²) in [7, 11) is 2.02. The average molecular weight is 346 g/mol. The maximum Gasteiger partial charge on any atom is 0.0585 e. The molecule has 0 amide bonds. The van der Waals surface area contributed by atoms with Crippen LogP contribution in [0, 0.1) is 6.92 Å². The molecule has 0 spiro atoms. The summed E-state index contributed by atoms with van der Waals surface area (Å²) in [5, 5.41) is 3.44. The molecule has 0 aliphatic carbocycles. The Balaban J connectivity index is 2.27. The lowest BCUT2D eigenvalue weighted by molar-refractivity contribution is 0.687. The lowest BCUT2D eigenvalue weighted by Gasteiger charge is -2.20. The molecule has 2 aromatic carbocycles.